The third-order valence-corrected chi connectivity index (χ3v) is 4.60. The summed E-state index contributed by atoms with van der Waals surface area (Å²) in [6, 6.07) is 18.3. The van der Waals surface area contributed by atoms with Crippen LogP contribution >= 0.6 is 0 Å². The number of ketones is 1. The van der Waals surface area contributed by atoms with Gasteiger partial charge in [0.05, 0.1) is 6.61 Å². The van der Waals surface area contributed by atoms with Gasteiger partial charge in [0, 0.05) is 37.2 Å². The van der Waals surface area contributed by atoms with Crippen molar-refractivity contribution in [2.75, 3.05) is 6.61 Å². The highest BCUT2D eigenvalue weighted by Crippen LogP contribution is 2.30. The second-order valence-corrected chi connectivity index (χ2v) is 7.05. The van der Waals surface area contributed by atoms with Gasteiger partial charge in [-0.15, -0.1) is 0 Å². The number of benzene rings is 2. The Kier molecular flexibility index (Phi) is 7.76. The number of Topliss-reactive ketones (excluding diaryl/α,β-unsaturated/α-hetero) is 1. The van der Waals surface area contributed by atoms with Crippen LogP contribution in [-0.4, -0.2) is 23.3 Å². The van der Waals surface area contributed by atoms with Crippen LogP contribution in [0.5, 0.6) is 17.4 Å². The van der Waals surface area contributed by atoms with Gasteiger partial charge in [-0.2, -0.15) is 0 Å². The van der Waals surface area contributed by atoms with Gasteiger partial charge in [0.2, 0.25) is 11.8 Å². The first-order chi connectivity index (χ1) is 15.0. The average Bonchev–Trinajstić information content (AvgIpc) is 2.79. The van der Waals surface area contributed by atoms with Crippen LogP contribution in [0.15, 0.2) is 66.9 Å². The molecule has 1 N–H and O–H groups in total. The molecule has 0 unspecified atom stereocenters. The predicted octanol–water partition coefficient (Wildman–Crippen LogP) is 4.86. The molecule has 6 heteroatoms. The van der Waals surface area contributed by atoms with E-state index < -0.39 is 0 Å². The molecular formula is C25H26N2O4. The lowest BCUT2D eigenvalue weighted by Crippen LogP contribution is -2.23. The van der Waals surface area contributed by atoms with E-state index >= 15 is 0 Å². The number of aryl methyl sites for hydroxylation is 1. The van der Waals surface area contributed by atoms with Crippen molar-refractivity contribution in [1.29, 1.82) is 0 Å². The van der Waals surface area contributed by atoms with Crippen molar-refractivity contribution in [3.63, 3.8) is 0 Å². The Hall–Kier alpha value is -3.67. The van der Waals surface area contributed by atoms with E-state index in [2.05, 4.69) is 10.3 Å². The summed E-state index contributed by atoms with van der Waals surface area (Å²) >= 11 is 0. The quantitative estimate of drug-likeness (QED) is 0.476. The molecule has 3 aromatic rings. The van der Waals surface area contributed by atoms with Crippen LogP contribution in [0.3, 0.4) is 0 Å². The Morgan fingerprint density at radius 1 is 0.935 bits per heavy atom. The monoisotopic (exact) mass is 418 g/mol. The standard InChI is InChI=1S/C25H26N2O4/c1-3-30-22-6-4-5-7-23(22)31-25-15-10-19(17-27-25)16-26-24(29)14-13-21(28)20-11-8-18(2)9-12-20/h4-12,15,17H,3,13-14,16H2,1-2H3,(H,26,29). The number of nitrogens with zero attached hydrogens (tertiary/aromatic N) is 1. The molecular weight excluding hydrogens is 392 g/mol. The van der Waals surface area contributed by atoms with Gasteiger partial charge in [-0.05, 0) is 31.5 Å². The zero-order valence-corrected chi connectivity index (χ0v) is 17.8. The molecule has 3 rings (SSSR count). The largest absolute Gasteiger partial charge is 0.490 e. The van der Waals surface area contributed by atoms with Gasteiger partial charge in [0.15, 0.2) is 17.3 Å². The van der Waals surface area contributed by atoms with E-state index in [9.17, 15) is 9.59 Å². The molecule has 1 aromatic heterocycles. The first kappa shape index (κ1) is 22.0. The van der Waals surface area contributed by atoms with Crippen molar-refractivity contribution in [2.24, 2.45) is 0 Å². The van der Waals surface area contributed by atoms with E-state index in [0.29, 0.717) is 36.1 Å². The van der Waals surface area contributed by atoms with Crippen LogP contribution in [0.25, 0.3) is 0 Å². The van der Waals surface area contributed by atoms with E-state index in [1.54, 1.807) is 24.4 Å². The molecule has 1 amide bonds. The number of aromatic nitrogens is 1. The number of rotatable bonds is 10. The highest BCUT2D eigenvalue weighted by Gasteiger charge is 2.10. The summed E-state index contributed by atoms with van der Waals surface area (Å²) in [4.78, 5) is 28.6. The normalized spacial score (nSPS) is 10.4. The number of hydrogen-bond acceptors (Lipinski definition) is 5. The number of pyridine rings is 1. The smallest absolute Gasteiger partial charge is 0.220 e. The SMILES string of the molecule is CCOc1ccccc1Oc1ccc(CNC(=O)CCC(=O)c2ccc(C)cc2)cn1. The van der Waals surface area contributed by atoms with Crippen molar-refractivity contribution in [3.05, 3.63) is 83.6 Å². The maximum Gasteiger partial charge on any atom is 0.220 e. The lowest BCUT2D eigenvalue weighted by Gasteiger charge is -2.11. The molecule has 31 heavy (non-hydrogen) atoms. The van der Waals surface area contributed by atoms with Gasteiger partial charge in [-0.25, -0.2) is 4.98 Å². The van der Waals surface area contributed by atoms with E-state index in [0.717, 1.165) is 11.1 Å². The van der Waals surface area contributed by atoms with Crippen molar-refractivity contribution >= 4 is 11.7 Å². The first-order valence-corrected chi connectivity index (χ1v) is 10.3. The molecule has 6 nitrogen and oxygen atoms in total. The summed E-state index contributed by atoms with van der Waals surface area (Å²) < 4.78 is 11.3. The predicted molar refractivity (Wildman–Crippen MR) is 119 cm³/mol. The Morgan fingerprint density at radius 3 is 2.35 bits per heavy atom. The summed E-state index contributed by atoms with van der Waals surface area (Å²) in [5.74, 6) is 1.47. The number of carbonyl (C=O) groups excluding carboxylic acids is 2. The minimum atomic E-state index is -0.175. The van der Waals surface area contributed by atoms with Gasteiger partial charge >= 0.3 is 0 Å². The maximum atomic E-state index is 12.2. The zero-order chi connectivity index (χ0) is 22.1. The number of ether oxygens (including phenoxy) is 2. The molecule has 2 aromatic carbocycles. The summed E-state index contributed by atoms with van der Waals surface area (Å²) in [5.41, 5.74) is 2.56. The van der Waals surface area contributed by atoms with Crippen molar-refractivity contribution in [3.8, 4) is 17.4 Å². The second kappa shape index (κ2) is 10.9. The number of hydrogen-bond donors (Lipinski definition) is 1. The van der Waals surface area contributed by atoms with E-state index in [-0.39, 0.29) is 24.5 Å². The molecule has 0 aliphatic rings. The summed E-state index contributed by atoms with van der Waals surface area (Å²) in [5, 5.41) is 2.82. The minimum Gasteiger partial charge on any atom is -0.490 e. The van der Waals surface area contributed by atoms with E-state index in [1.165, 1.54) is 0 Å². The maximum absolute atomic E-state index is 12.2. The van der Waals surface area contributed by atoms with Crippen LogP contribution in [-0.2, 0) is 11.3 Å². The van der Waals surface area contributed by atoms with Crippen LogP contribution in [0.2, 0.25) is 0 Å². The Bertz CT molecular complexity index is 1010. The number of para-hydroxylation sites is 2. The molecule has 0 spiro atoms. The van der Waals surface area contributed by atoms with Gasteiger partial charge in [-0.1, -0.05) is 48.0 Å². The van der Waals surface area contributed by atoms with Crippen molar-refractivity contribution < 1.29 is 19.1 Å². The fourth-order valence-electron chi connectivity index (χ4n) is 2.90. The Balaban J connectivity index is 1.46. The first-order valence-electron chi connectivity index (χ1n) is 10.3. The Morgan fingerprint density at radius 2 is 1.68 bits per heavy atom. The van der Waals surface area contributed by atoms with Gasteiger partial charge in [0.1, 0.15) is 0 Å². The molecule has 0 aliphatic heterocycles. The molecule has 0 bridgehead atoms. The second-order valence-electron chi connectivity index (χ2n) is 7.05. The topological polar surface area (TPSA) is 77.5 Å². The molecule has 0 fully saturated rings. The van der Waals surface area contributed by atoms with Crippen molar-refractivity contribution in [2.45, 2.75) is 33.2 Å². The minimum absolute atomic E-state index is 0.0364. The number of nitrogens with one attached hydrogen (secondary N) is 1. The van der Waals surface area contributed by atoms with Gasteiger partial charge < -0.3 is 14.8 Å². The highest BCUT2D eigenvalue weighted by molar-refractivity contribution is 5.97. The highest BCUT2D eigenvalue weighted by atomic mass is 16.5. The zero-order valence-electron chi connectivity index (χ0n) is 17.8. The lowest BCUT2D eigenvalue weighted by atomic mass is 10.0. The number of carbonyl (C=O) groups is 2. The fourth-order valence-corrected chi connectivity index (χ4v) is 2.90. The molecule has 0 atom stereocenters. The molecule has 1 heterocycles. The van der Waals surface area contributed by atoms with Crippen LogP contribution in [0.1, 0.15) is 41.3 Å². The summed E-state index contributed by atoms with van der Waals surface area (Å²) in [6.45, 7) is 4.76. The van der Waals surface area contributed by atoms with Gasteiger partial charge in [-0.3, -0.25) is 9.59 Å². The van der Waals surface area contributed by atoms with E-state index in [4.69, 9.17) is 9.47 Å². The Labute approximate surface area is 182 Å². The third-order valence-electron chi connectivity index (χ3n) is 4.60. The lowest BCUT2D eigenvalue weighted by molar-refractivity contribution is -0.121. The number of amides is 1. The average molecular weight is 418 g/mol. The summed E-state index contributed by atoms with van der Waals surface area (Å²) in [7, 11) is 0. The van der Waals surface area contributed by atoms with Crippen LogP contribution < -0.4 is 14.8 Å². The summed E-state index contributed by atoms with van der Waals surface area (Å²) in [6.07, 6.45) is 1.98. The third kappa shape index (κ3) is 6.67. The van der Waals surface area contributed by atoms with Gasteiger partial charge in [0.25, 0.3) is 0 Å². The van der Waals surface area contributed by atoms with Crippen LogP contribution in [0, 0.1) is 6.92 Å². The molecule has 0 saturated carbocycles. The van der Waals surface area contributed by atoms with Crippen molar-refractivity contribution in [1.82, 2.24) is 10.3 Å². The molecule has 160 valence electrons. The molecule has 0 aliphatic carbocycles. The molecule has 0 radical (unpaired) electrons. The van der Waals surface area contributed by atoms with E-state index in [1.807, 2.05) is 56.3 Å². The van der Waals surface area contributed by atoms with Crippen LogP contribution in [0.4, 0.5) is 0 Å². The molecule has 0 saturated heterocycles. The fraction of sp³-hybridized carbons (Fsp3) is 0.240.